The number of hydrogen-bond donors (Lipinski definition) is 0. The first-order valence-electron chi connectivity index (χ1n) is 7.87. The van der Waals surface area contributed by atoms with Crippen LogP contribution in [0.15, 0.2) is 42.5 Å². The van der Waals surface area contributed by atoms with E-state index in [0.717, 1.165) is 5.56 Å². The molecule has 0 radical (unpaired) electrons. The Morgan fingerprint density at radius 2 is 1.83 bits per heavy atom. The zero-order valence-corrected chi connectivity index (χ0v) is 13.8. The fourth-order valence-corrected chi connectivity index (χ4v) is 2.83. The summed E-state index contributed by atoms with van der Waals surface area (Å²) in [5, 5.41) is 11.5. The van der Waals surface area contributed by atoms with Crippen molar-refractivity contribution in [3.05, 3.63) is 58.2 Å². The molecule has 5 nitrogen and oxygen atoms in total. The number of carbonyl (C=O) groups excluding carboxylic acids is 1. The maximum absolute atomic E-state index is 12.2. The van der Waals surface area contributed by atoms with Crippen LogP contribution in [0.1, 0.15) is 45.1 Å². The summed E-state index contributed by atoms with van der Waals surface area (Å²) < 4.78 is 5.41. The largest absolute Gasteiger partial charge is 0.460 e. The predicted octanol–water partition coefficient (Wildman–Crippen LogP) is 3.72. The van der Waals surface area contributed by atoms with E-state index in [4.69, 9.17) is 4.74 Å². The van der Waals surface area contributed by atoms with Crippen LogP contribution in [0.4, 0.5) is 0 Å². The molecule has 0 fully saturated rings. The Morgan fingerprint density at radius 1 is 1.17 bits per heavy atom. The second-order valence-corrected chi connectivity index (χ2v) is 6.89. The van der Waals surface area contributed by atoms with Crippen molar-refractivity contribution in [2.45, 2.75) is 51.2 Å². The number of ether oxygens (including phenoxy) is 1. The van der Waals surface area contributed by atoms with Gasteiger partial charge >= 0.3 is 5.97 Å². The van der Waals surface area contributed by atoms with E-state index in [0.29, 0.717) is 12.8 Å². The van der Waals surface area contributed by atoms with Crippen molar-refractivity contribution in [1.29, 1.82) is 0 Å². The van der Waals surface area contributed by atoms with Crippen molar-refractivity contribution in [3.63, 3.8) is 0 Å². The van der Waals surface area contributed by atoms with Crippen molar-refractivity contribution in [2.75, 3.05) is 0 Å². The third-order valence-electron chi connectivity index (χ3n) is 3.90. The predicted molar refractivity (Wildman–Crippen MR) is 87.7 cm³/mol. The van der Waals surface area contributed by atoms with Gasteiger partial charge in [-0.25, -0.2) is 0 Å². The first-order valence-corrected chi connectivity index (χ1v) is 7.87. The van der Waals surface area contributed by atoms with Gasteiger partial charge in [-0.05, 0) is 32.8 Å². The third kappa shape index (κ3) is 4.65. The molecular weight excluding hydrogens is 294 g/mol. The van der Waals surface area contributed by atoms with Crippen LogP contribution in [0.5, 0.6) is 0 Å². The lowest BCUT2D eigenvalue weighted by molar-refractivity contribution is -0.525. The highest BCUT2D eigenvalue weighted by Crippen LogP contribution is 2.32. The summed E-state index contributed by atoms with van der Waals surface area (Å²) in [4.78, 5) is 23.5. The summed E-state index contributed by atoms with van der Waals surface area (Å²) in [6, 6.07) is 8.68. The van der Waals surface area contributed by atoms with Crippen LogP contribution in [0, 0.1) is 16.0 Å². The number of nitrogens with zero attached hydrogens (tertiary/aromatic N) is 1. The van der Waals surface area contributed by atoms with Crippen molar-refractivity contribution in [3.8, 4) is 0 Å². The third-order valence-corrected chi connectivity index (χ3v) is 3.90. The molecule has 0 bridgehead atoms. The van der Waals surface area contributed by atoms with Crippen molar-refractivity contribution in [1.82, 2.24) is 0 Å². The molecule has 1 unspecified atom stereocenters. The topological polar surface area (TPSA) is 69.4 Å². The molecule has 0 spiro atoms. The second-order valence-electron chi connectivity index (χ2n) is 6.89. The fraction of sp³-hybridized carbons (Fsp3) is 0.500. The molecule has 5 heteroatoms. The molecule has 0 aromatic heterocycles. The lowest BCUT2D eigenvalue weighted by atomic mass is 9.90. The Balaban J connectivity index is 2.23. The SMILES string of the molecule is CC(C)(C)OC(=O)C1C=C[C@H](c2ccccc2)[C@@H]([N+](=O)[O-])CC1. The Hall–Kier alpha value is -2.17. The average Bonchev–Trinajstić information content (AvgIpc) is 2.69. The lowest BCUT2D eigenvalue weighted by Gasteiger charge is -2.22. The lowest BCUT2D eigenvalue weighted by Crippen LogP contribution is -2.29. The van der Waals surface area contributed by atoms with Gasteiger partial charge in [0.25, 0.3) is 0 Å². The molecule has 0 heterocycles. The van der Waals surface area contributed by atoms with E-state index in [1.54, 1.807) is 12.2 Å². The molecule has 0 amide bonds. The van der Waals surface area contributed by atoms with Crippen LogP contribution in [0.25, 0.3) is 0 Å². The van der Waals surface area contributed by atoms with Crippen molar-refractivity contribution in [2.24, 2.45) is 5.92 Å². The molecule has 1 aliphatic carbocycles. The van der Waals surface area contributed by atoms with Gasteiger partial charge < -0.3 is 4.74 Å². The van der Waals surface area contributed by atoms with E-state index in [2.05, 4.69) is 0 Å². The van der Waals surface area contributed by atoms with Gasteiger partial charge in [-0.1, -0.05) is 42.5 Å². The van der Waals surface area contributed by atoms with Crippen LogP contribution < -0.4 is 0 Å². The molecule has 23 heavy (non-hydrogen) atoms. The summed E-state index contributed by atoms with van der Waals surface area (Å²) in [6.45, 7) is 5.45. The molecule has 0 saturated carbocycles. The van der Waals surface area contributed by atoms with Gasteiger partial charge in [0.05, 0.1) is 11.8 Å². The van der Waals surface area contributed by atoms with E-state index < -0.39 is 17.6 Å². The molecule has 0 saturated heterocycles. The molecule has 124 valence electrons. The highest BCUT2D eigenvalue weighted by molar-refractivity contribution is 5.75. The van der Waals surface area contributed by atoms with Crippen LogP contribution in [0.2, 0.25) is 0 Å². The van der Waals surface area contributed by atoms with Crippen molar-refractivity contribution < 1.29 is 14.5 Å². The molecule has 1 aliphatic rings. The summed E-state index contributed by atoms with van der Waals surface area (Å²) in [6.07, 6.45) is 4.35. The number of esters is 1. The van der Waals surface area contributed by atoms with E-state index in [9.17, 15) is 14.9 Å². The first-order chi connectivity index (χ1) is 10.8. The van der Waals surface area contributed by atoms with E-state index in [1.165, 1.54) is 0 Å². The molecule has 1 aromatic rings. The van der Waals surface area contributed by atoms with Gasteiger partial charge in [0.2, 0.25) is 6.04 Å². The second kappa shape index (κ2) is 6.94. The van der Waals surface area contributed by atoms with Crippen LogP contribution in [-0.2, 0) is 9.53 Å². The van der Waals surface area contributed by atoms with Crippen LogP contribution in [-0.4, -0.2) is 22.5 Å². The smallest absolute Gasteiger partial charge is 0.313 e. The highest BCUT2D eigenvalue weighted by atomic mass is 16.6. The van der Waals surface area contributed by atoms with Crippen LogP contribution >= 0.6 is 0 Å². The molecule has 0 N–H and O–H groups in total. The van der Waals surface area contributed by atoms with Gasteiger partial charge in [-0.2, -0.15) is 0 Å². The Labute approximate surface area is 136 Å². The van der Waals surface area contributed by atoms with Gasteiger partial charge in [-0.15, -0.1) is 0 Å². The average molecular weight is 317 g/mol. The number of hydrogen-bond acceptors (Lipinski definition) is 4. The summed E-state index contributed by atoms with van der Waals surface area (Å²) in [5.74, 6) is -1.06. The standard InChI is InChI=1S/C18H23NO4/c1-18(2,3)23-17(20)14-9-11-15(13-7-5-4-6-8-13)16(12-10-14)19(21)22/h4-9,11,14-16H,10,12H2,1-3H3/t14?,15-,16+/m1/s1. The fourth-order valence-electron chi connectivity index (χ4n) is 2.83. The van der Waals surface area contributed by atoms with E-state index in [-0.39, 0.29) is 16.8 Å². The minimum atomic E-state index is -0.721. The van der Waals surface area contributed by atoms with Gasteiger partial charge in [0.15, 0.2) is 0 Å². The minimum absolute atomic E-state index is 0.237. The summed E-state index contributed by atoms with van der Waals surface area (Å²) in [7, 11) is 0. The Bertz CT molecular complexity index is 589. The molecule has 0 aliphatic heterocycles. The molecular formula is C18H23NO4. The summed E-state index contributed by atoms with van der Waals surface area (Å²) in [5.41, 5.74) is 0.341. The number of nitro groups is 1. The maximum atomic E-state index is 12.2. The normalized spacial score (nSPS) is 24.7. The first kappa shape index (κ1) is 17.2. The number of benzene rings is 1. The number of rotatable bonds is 3. The maximum Gasteiger partial charge on any atom is 0.313 e. The molecule has 1 aromatic carbocycles. The van der Waals surface area contributed by atoms with Crippen LogP contribution in [0.3, 0.4) is 0 Å². The number of carbonyl (C=O) groups is 1. The Kier molecular flexibility index (Phi) is 5.19. The van der Waals surface area contributed by atoms with Crippen molar-refractivity contribution >= 4 is 5.97 Å². The monoisotopic (exact) mass is 317 g/mol. The van der Waals surface area contributed by atoms with Gasteiger partial charge in [-0.3, -0.25) is 14.9 Å². The zero-order valence-electron chi connectivity index (χ0n) is 13.8. The quantitative estimate of drug-likeness (QED) is 0.369. The highest BCUT2D eigenvalue weighted by Gasteiger charge is 2.35. The summed E-state index contributed by atoms with van der Waals surface area (Å²) >= 11 is 0. The molecule has 2 rings (SSSR count). The zero-order chi connectivity index (χ0) is 17.0. The van der Waals surface area contributed by atoms with E-state index >= 15 is 0 Å². The Morgan fingerprint density at radius 3 is 2.39 bits per heavy atom. The van der Waals surface area contributed by atoms with Gasteiger partial charge in [0.1, 0.15) is 5.60 Å². The van der Waals surface area contributed by atoms with Gasteiger partial charge in [0, 0.05) is 11.3 Å². The minimum Gasteiger partial charge on any atom is -0.460 e. The molecule has 3 atom stereocenters. The van der Waals surface area contributed by atoms with E-state index in [1.807, 2.05) is 51.1 Å².